The molecule has 0 bridgehead atoms. The number of piperidine rings is 2. The number of likely N-dealkylation sites (N-methyl/N-ethyl adjacent to an activating group) is 3. The molecule has 0 radical (unpaired) electrons. The third-order valence-corrected chi connectivity index (χ3v) is 24.2. The van der Waals surface area contributed by atoms with Crippen molar-refractivity contribution in [3.05, 3.63) is 12.2 Å². The van der Waals surface area contributed by atoms with Gasteiger partial charge in [0.15, 0.2) is 6.35 Å². The van der Waals surface area contributed by atoms with Crippen molar-refractivity contribution in [3.8, 4) is 6.07 Å². The molecular weight excluding hydrogens is 1270 g/mol. The van der Waals surface area contributed by atoms with Crippen LogP contribution >= 0.6 is 23.2 Å². The lowest BCUT2D eigenvalue weighted by Crippen LogP contribution is -2.74. The van der Waals surface area contributed by atoms with Crippen LogP contribution in [0.4, 0.5) is 4.79 Å². The number of rotatable bonds is 34. The first kappa shape index (κ1) is 75.3. The smallest absolute Gasteiger partial charge is 0.315 e. The lowest BCUT2D eigenvalue weighted by molar-refractivity contribution is -0.154. The molecule has 15 unspecified atom stereocenters. The van der Waals surface area contributed by atoms with E-state index >= 15 is 0 Å². The van der Waals surface area contributed by atoms with E-state index in [0.717, 1.165) is 120 Å². The molecule has 10 fully saturated rings. The molecule has 0 aromatic carbocycles. The number of carbonyl (C=O) groups excluding carboxylic acids is 5. The number of alkyl halides is 2. The number of carbonyl (C=O) groups is 5. The van der Waals surface area contributed by atoms with Gasteiger partial charge in [-0.05, 0) is 140 Å². The van der Waals surface area contributed by atoms with Crippen LogP contribution in [0.25, 0.3) is 0 Å². The van der Waals surface area contributed by atoms with Gasteiger partial charge in [0.1, 0.15) is 6.04 Å². The van der Waals surface area contributed by atoms with Crippen LogP contribution in [0.5, 0.6) is 0 Å². The molecule has 0 aromatic rings. The van der Waals surface area contributed by atoms with E-state index in [4.69, 9.17) is 51.6 Å². The summed E-state index contributed by atoms with van der Waals surface area (Å²) < 4.78 is 35.4. The predicted octanol–water partition coefficient (Wildman–Crippen LogP) is 5.82. The van der Waals surface area contributed by atoms with Crippen molar-refractivity contribution in [2.45, 2.75) is 201 Å². The zero-order valence-electron chi connectivity index (χ0n) is 58.2. The Morgan fingerprint density at radius 2 is 1.46 bits per heavy atom. The summed E-state index contributed by atoms with van der Waals surface area (Å²) in [5.41, 5.74) is 0. The van der Waals surface area contributed by atoms with Gasteiger partial charge in [0.25, 0.3) is 5.91 Å². The second-order valence-electron chi connectivity index (χ2n) is 29.8. The third kappa shape index (κ3) is 21.4. The van der Waals surface area contributed by atoms with Gasteiger partial charge in [0.2, 0.25) is 17.7 Å². The molecule has 4 N–H and O–H groups in total. The number of likely N-dealkylation sites (tertiary alicyclic amines) is 4. The van der Waals surface area contributed by atoms with Crippen molar-refractivity contribution >= 4 is 52.9 Å². The van der Waals surface area contributed by atoms with E-state index in [-0.39, 0.29) is 102 Å². The van der Waals surface area contributed by atoms with Crippen LogP contribution in [0, 0.1) is 52.8 Å². The maximum atomic E-state index is 13.8. The standard InChI is InChI=1S/C71H118Cl2N12O11/c1-79(25-10-17-65(87)84-29-28-83(47-56(84)22-24-74)67-59-23-27-82(62-16-8-13-52-12-7-15-60(73)66(52)62)48-61(59)77-71(78-67)96-49-57-14-9-26-80(57)2)30-32-92-34-36-94-38-40-95-39-37-93-35-33-91-31-6-4-5-11-50-42-54(72)44-55(43-50)76-70(90)75-45-51-18-19-58-53(41-51)46-85(68(58)88)63-20-21-64(86)81(3)69(63)89/h10,17,50-63,66-67,71,77-78H,4-9,11-16,18-23,25-49H2,1-3H3,(H2,75,76,90)/b17-10+/t50?,51?,52?,53?,54?,55?,56-,57-,58?,59?,60?,61?,62?,63?,66?,67?,71?/m0/s1. The van der Waals surface area contributed by atoms with E-state index in [2.05, 4.69) is 54.0 Å². The van der Waals surface area contributed by atoms with Crippen molar-refractivity contribution in [1.82, 2.24) is 55.6 Å². The van der Waals surface area contributed by atoms with Gasteiger partial charge in [-0.15, -0.1) is 23.2 Å². The molecule has 6 amide bonds. The highest BCUT2D eigenvalue weighted by molar-refractivity contribution is 6.21. The fourth-order valence-electron chi connectivity index (χ4n) is 18.1. The number of halogens is 2. The predicted molar refractivity (Wildman–Crippen MR) is 368 cm³/mol. The fourth-order valence-corrected chi connectivity index (χ4v) is 19.1. The zero-order valence-corrected chi connectivity index (χ0v) is 59.7. The number of nitrogens with one attached hydrogen (secondary N) is 4. The summed E-state index contributed by atoms with van der Waals surface area (Å²) >= 11 is 13.9. The topological polar surface area (TPSA) is 235 Å². The minimum atomic E-state index is -0.549. The third-order valence-electron chi connectivity index (χ3n) is 23.4. The van der Waals surface area contributed by atoms with Crippen molar-refractivity contribution in [3.63, 3.8) is 0 Å². The molecule has 6 heterocycles. The van der Waals surface area contributed by atoms with Crippen molar-refractivity contribution in [1.29, 1.82) is 5.26 Å². The highest BCUT2D eigenvalue weighted by Crippen LogP contribution is 2.46. The number of hydrogen-bond donors (Lipinski definition) is 4. The number of piperazine rings is 1. The molecule has 0 aromatic heterocycles. The van der Waals surface area contributed by atoms with E-state index in [0.29, 0.717) is 148 Å². The van der Waals surface area contributed by atoms with Gasteiger partial charge < -0.3 is 58.7 Å². The quantitative estimate of drug-likeness (QED) is 0.0257. The molecule has 10 aliphatic rings. The Labute approximate surface area is 583 Å². The van der Waals surface area contributed by atoms with Crippen LogP contribution in [-0.2, 0) is 47.6 Å². The number of unbranched alkanes of at least 4 members (excludes halogenated alkanes) is 2. The van der Waals surface area contributed by atoms with Crippen LogP contribution in [0.1, 0.15) is 141 Å². The molecule has 542 valence electrons. The number of urea groups is 1. The Hall–Kier alpha value is -3.32. The zero-order chi connectivity index (χ0) is 67.3. The SMILES string of the molecule is CN(C/C=C/C(=O)N1CCN(C2NC(OC[C@@H]3CCCN3C)NC3CN(C4CCCC5CCCC(Cl)C54)CCC32)C[C@@H]1CC#N)CCOCCOCCOCCOCCOCCCCCC1CC(Cl)CC(NC(=O)NCC2CCC3C(=O)N(C4CCC(=O)N(C)C4=O)CC3C2)C1. The molecule has 4 saturated carbocycles. The number of nitrogens with zero attached hydrogens (tertiary/aromatic N) is 8. The molecule has 96 heavy (non-hydrogen) atoms. The number of nitriles is 1. The van der Waals surface area contributed by atoms with Crippen LogP contribution in [0.15, 0.2) is 12.2 Å². The minimum absolute atomic E-state index is 0.0375. The van der Waals surface area contributed by atoms with Gasteiger partial charge in [-0.1, -0.05) is 51.0 Å². The average Bonchev–Trinajstić information content (AvgIpc) is 1.07. The van der Waals surface area contributed by atoms with E-state index < -0.39 is 6.04 Å². The maximum Gasteiger partial charge on any atom is 0.315 e. The first-order valence-corrected chi connectivity index (χ1v) is 38.2. The Balaban J connectivity index is 0.510. The monoisotopic (exact) mass is 1380 g/mol. The lowest BCUT2D eigenvalue weighted by atomic mass is 9.67. The molecule has 17 atom stereocenters. The minimum Gasteiger partial charge on any atom is -0.379 e. The average molecular weight is 1390 g/mol. The van der Waals surface area contributed by atoms with Gasteiger partial charge in [-0.2, -0.15) is 5.26 Å². The van der Waals surface area contributed by atoms with Gasteiger partial charge in [0, 0.05) is 125 Å². The van der Waals surface area contributed by atoms with Gasteiger partial charge in [0.05, 0.1) is 90.8 Å². The Morgan fingerprint density at radius 1 is 0.708 bits per heavy atom. The Bertz CT molecular complexity index is 2530. The summed E-state index contributed by atoms with van der Waals surface area (Å²) in [4.78, 5) is 79.7. The molecule has 0 spiro atoms. The van der Waals surface area contributed by atoms with Gasteiger partial charge >= 0.3 is 6.03 Å². The summed E-state index contributed by atoms with van der Waals surface area (Å²) in [6, 6.07) is 2.77. The highest BCUT2D eigenvalue weighted by Gasteiger charge is 2.51. The van der Waals surface area contributed by atoms with Gasteiger partial charge in [-0.25, -0.2) is 4.79 Å². The summed E-state index contributed by atoms with van der Waals surface area (Å²) in [5.74, 6) is 2.05. The number of fused-ring (bicyclic) bond motifs is 3. The summed E-state index contributed by atoms with van der Waals surface area (Å²) in [5, 5.41) is 24.5. The number of ether oxygens (including phenoxy) is 6. The van der Waals surface area contributed by atoms with Crippen molar-refractivity contribution in [2.75, 3.05) is 159 Å². The van der Waals surface area contributed by atoms with Crippen LogP contribution in [-0.4, -0.2) is 283 Å². The normalized spacial score (nSPS) is 34.2. The first-order chi connectivity index (χ1) is 46.7. The lowest BCUT2D eigenvalue weighted by Gasteiger charge is -2.56. The maximum absolute atomic E-state index is 13.8. The summed E-state index contributed by atoms with van der Waals surface area (Å²) in [6.45, 7) is 13.4. The molecule has 4 aliphatic carbocycles. The van der Waals surface area contributed by atoms with Crippen LogP contribution in [0.3, 0.4) is 0 Å². The Kier molecular flexibility index (Phi) is 30.3. The van der Waals surface area contributed by atoms with Crippen molar-refractivity contribution < 1.29 is 52.4 Å². The first-order valence-electron chi connectivity index (χ1n) is 37.4. The highest BCUT2D eigenvalue weighted by atomic mass is 35.5. The molecule has 25 heteroatoms. The second kappa shape index (κ2) is 38.6. The van der Waals surface area contributed by atoms with Crippen LogP contribution in [0.2, 0.25) is 0 Å². The number of hydrogen-bond acceptors (Lipinski definition) is 18. The number of amides is 6. The van der Waals surface area contributed by atoms with E-state index in [1.54, 1.807) is 11.0 Å². The van der Waals surface area contributed by atoms with Crippen LogP contribution < -0.4 is 21.3 Å². The molecule has 23 nitrogen and oxygen atoms in total. The number of imide groups is 1. The van der Waals surface area contributed by atoms with E-state index in [1.807, 2.05) is 18.0 Å². The molecule has 10 rings (SSSR count). The largest absolute Gasteiger partial charge is 0.379 e. The molecule has 6 aliphatic heterocycles. The van der Waals surface area contributed by atoms with E-state index in [9.17, 15) is 29.2 Å². The summed E-state index contributed by atoms with van der Waals surface area (Å²) in [7, 11) is 5.72. The molecular formula is C71H118Cl2N12O11. The molecule has 6 saturated heterocycles. The van der Waals surface area contributed by atoms with Gasteiger partial charge in [-0.3, -0.25) is 44.5 Å². The fraction of sp³-hybridized carbons (Fsp3) is 0.887. The second-order valence-corrected chi connectivity index (χ2v) is 31.0. The summed E-state index contributed by atoms with van der Waals surface area (Å²) in [6.07, 6.45) is 24.7. The Morgan fingerprint density at radius 3 is 2.21 bits per heavy atom. The van der Waals surface area contributed by atoms with Crippen molar-refractivity contribution in [2.24, 2.45) is 41.4 Å². The van der Waals surface area contributed by atoms with E-state index in [1.165, 1.54) is 45.6 Å².